The van der Waals surface area contributed by atoms with E-state index in [0.717, 1.165) is 50.2 Å². The lowest BCUT2D eigenvalue weighted by Crippen LogP contribution is -2.46. The molecule has 2 amide bonds. The maximum Gasteiger partial charge on any atom is 0.416 e. The Kier molecular flexibility index (Phi) is 8.95. The number of alkyl halides is 3. The van der Waals surface area contributed by atoms with E-state index in [-0.39, 0.29) is 18.2 Å². The highest BCUT2D eigenvalue weighted by Crippen LogP contribution is 2.32. The first kappa shape index (κ1) is 26.8. The van der Waals surface area contributed by atoms with E-state index in [1.165, 1.54) is 12.1 Å². The fourth-order valence-corrected chi connectivity index (χ4v) is 4.46. The predicted molar refractivity (Wildman–Crippen MR) is 139 cm³/mol. The smallest absolute Gasteiger partial charge is 0.416 e. The van der Waals surface area contributed by atoms with Gasteiger partial charge in [-0.25, -0.2) is 4.79 Å². The van der Waals surface area contributed by atoms with Gasteiger partial charge in [0.15, 0.2) is 0 Å². The Hall–Kier alpha value is -3.23. The monoisotopic (exact) mass is 531 g/mol. The topological polar surface area (TPSA) is 53.6 Å². The van der Waals surface area contributed by atoms with E-state index in [2.05, 4.69) is 15.5 Å². The van der Waals surface area contributed by atoms with Crippen LogP contribution in [-0.2, 0) is 6.18 Å². The third-order valence-electron chi connectivity index (χ3n) is 6.36. The van der Waals surface area contributed by atoms with Gasteiger partial charge in [0.25, 0.3) is 0 Å². The first-order valence-corrected chi connectivity index (χ1v) is 12.6. The van der Waals surface area contributed by atoms with Gasteiger partial charge in [0.1, 0.15) is 11.9 Å². The van der Waals surface area contributed by atoms with Crippen molar-refractivity contribution in [1.82, 2.24) is 10.2 Å². The zero-order valence-corrected chi connectivity index (χ0v) is 20.9. The number of nitrogens with one attached hydrogen (secondary N) is 2. The first-order chi connectivity index (χ1) is 17.8. The molecule has 3 aromatic carbocycles. The second-order valence-corrected chi connectivity index (χ2v) is 9.49. The molecule has 4 rings (SSSR count). The number of anilines is 1. The van der Waals surface area contributed by atoms with E-state index in [1.54, 1.807) is 24.3 Å². The molecule has 0 radical (unpaired) electrons. The highest BCUT2D eigenvalue weighted by molar-refractivity contribution is 6.30. The van der Waals surface area contributed by atoms with Gasteiger partial charge in [-0.2, -0.15) is 13.2 Å². The van der Waals surface area contributed by atoms with Crippen LogP contribution in [0.5, 0.6) is 5.75 Å². The lowest BCUT2D eigenvalue weighted by atomic mass is 10.0. The quantitative estimate of drug-likeness (QED) is 0.324. The molecule has 1 unspecified atom stereocenters. The molecule has 0 aliphatic carbocycles. The summed E-state index contributed by atoms with van der Waals surface area (Å²) in [5.74, 6) is 0.400. The Morgan fingerprint density at radius 3 is 2.24 bits per heavy atom. The third-order valence-corrected chi connectivity index (χ3v) is 6.62. The number of likely N-dealkylation sites (tertiary alicyclic amines) is 1. The predicted octanol–water partition coefficient (Wildman–Crippen LogP) is 7.16. The van der Waals surface area contributed by atoms with Crippen molar-refractivity contribution in [1.29, 1.82) is 0 Å². The number of carbonyl (C=O) groups excluding carboxylic acids is 1. The number of hydrogen-bond acceptors (Lipinski definition) is 3. The molecule has 1 saturated heterocycles. The van der Waals surface area contributed by atoms with Crippen molar-refractivity contribution >= 4 is 23.3 Å². The average molecular weight is 532 g/mol. The second kappa shape index (κ2) is 12.3. The Morgan fingerprint density at radius 1 is 0.973 bits per heavy atom. The van der Waals surface area contributed by atoms with Crippen LogP contribution in [0.4, 0.5) is 23.7 Å². The summed E-state index contributed by atoms with van der Waals surface area (Å²) >= 11 is 5.88. The van der Waals surface area contributed by atoms with E-state index in [4.69, 9.17) is 16.3 Å². The lowest BCUT2D eigenvalue weighted by Gasteiger charge is -2.33. The maximum atomic E-state index is 12.9. The molecular weight excluding hydrogens is 503 g/mol. The minimum absolute atomic E-state index is 0.0804. The molecule has 1 fully saturated rings. The van der Waals surface area contributed by atoms with Crippen molar-refractivity contribution in [2.75, 3.05) is 25.0 Å². The summed E-state index contributed by atoms with van der Waals surface area (Å²) in [6.07, 6.45) is -2.35. The molecule has 196 valence electrons. The molecule has 0 spiro atoms. The Labute approximate surface area is 219 Å². The molecule has 2 N–H and O–H groups in total. The normalized spacial score (nSPS) is 15.7. The van der Waals surface area contributed by atoms with Crippen LogP contribution in [-0.4, -0.2) is 36.6 Å². The summed E-state index contributed by atoms with van der Waals surface area (Å²) in [6.45, 7) is 2.42. The van der Waals surface area contributed by atoms with Crippen LogP contribution in [0.25, 0.3) is 0 Å². The van der Waals surface area contributed by atoms with Crippen LogP contribution < -0.4 is 15.4 Å². The van der Waals surface area contributed by atoms with Crippen LogP contribution >= 0.6 is 11.6 Å². The minimum Gasteiger partial charge on any atom is -0.486 e. The average Bonchev–Trinajstić information content (AvgIpc) is 2.89. The first-order valence-electron chi connectivity index (χ1n) is 12.2. The van der Waals surface area contributed by atoms with Gasteiger partial charge in [0.05, 0.1) is 5.56 Å². The van der Waals surface area contributed by atoms with Crippen LogP contribution in [0, 0.1) is 0 Å². The number of carbonyl (C=O) groups is 1. The zero-order valence-electron chi connectivity index (χ0n) is 20.2. The molecule has 1 aliphatic heterocycles. The van der Waals surface area contributed by atoms with Crippen molar-refractivity contribution in [3.63, 3.8) is 0 Å². The molecule has 1 heterocycles. The number of amides is 2. The number of urea groups is 1. The third kappa shape index (κ3) is 8.13. The fourth-order valence-electron chi connectivity index (χ4n) is 4.33. The largest absolute Gasteiger partial charge is 0.486 e. The Bertz CT molecular complexity index is 1130. The van der Waals surface area contributed by atoms with Crippen molar-refractivity contribution in [3.8, 4) is 5.75 Å². The number of halogens is 4. The molecule has 37 heavy (non-hydrogen) atoms. The molecule has 1 atom stereocenters. The van der Waals surface area contributed by atoms with Gasteiger partial charge in [0, 0.05) is 42.8 Å². The van der Waals surface area contributed by atoms with Gasteiger partial charge in [-0.05, 0) is 66.9 Å². The summed E-state index contributed by atoms with van der Waals surface area (Å²) in [4.78, 5) is 14.6. The molecule has 0 saturated carbocycles. The van der Waals surface area contributed by atoms with Crippen molar-refractivity contribution in [3.05, 3.63) is 95.0 Å². The SMILES string of the molecule is O=C(Nc1ccc(Cl)cc1)NC1CCN(CCC(Oc2ccc(C(F)(F)F)cc2)c2ccccc2)CC1. The van der Waals surface area contributed by atoms with E-state index in [1.807, 2.05) is 30.3 Å². The minimum atomic E-state index is -4.38. The maximum absolute atomic E-state index is 12.9. The summed E-state index contributed by atoms with van der Waals surface area (Å²) < 4.78 is 44.8. The highest BCUT2D eigenvalue weighted by atomic mass is 35.5. The molecule has 9 heteroatoms. The number of rotatable bonds is 8. The summed E-state index contributed by atoms with van der Waals surface area (Å²) in [6, 6.07) is 21.3. The van der Waals surface area contributed by atoms with Crippen molar-refractivity contribution in [2.45, 2.75) is 37.6 Å². The molecule has 5 nitrogen and oxygen atoms in total. The van der Waals surface area contributed by atoms with Crippen LogP contribution in [0.15, 0.2) is 78.9 Å². The van der Waals surface area contributed by atoms with Gasteiger partial charge < -0.3 is 20.3 Å². The van der Waals surface area contributed by atoms with E-state index in [0.29, 0.717) is 22.9 Å². The zero-order chi connectivity index (χ0) is 26.3. The number of hydrogen-bond donors (Lipinski definition) is 2. The van der Waals surface area contributed by atoms with E-state index < -0.39 is 11.7 Å². The molecule has 3 aromatic rings. The number of ether oxygens (including phenoxy) is 1. The Morgan fingerprint density at radius 2 is 1.62 bits per heavy atom. The Balaban J connectivity index is 1.27. The summed E-state index contributed by atoms with van der Waals surface area (Å²) in [7, 11) is 0. The van der Waals surface area contributed by atoms with Crippen LogP contribution in [0.2, 0.25) is 5.02 Å². The standard InChI is InChI=1S/C28H29ClF3N3O2/c29-22-8-10-23(11-9-22)33-27(36)34-24-14-17-35(18-15-24)19-16-26(20-4-2-1-3-5-20)37-25-12-6-21(7-13-25)28(30,31)32/h1-13,24,26H,14-19H2,(H2,33,34,36). The van der Waals surface area contributed by atoms with Crippen LogP contribution in [0.1, 0.15) is 36.5 Å². The molecular formula is C28H29ClF3N3O2. The van der Waals surface area contributed by atoms with Gasteiger partial charge in [-0.1, -0.05) is 41.9 Å². The van der Waals surface area contributed by atoms with Gasteiger partial charge in [-0.3, -0.25) is 0 Å². The summed E-state index contributed by atoms with van der Waals surface area (Å²) in [5, 5.41) is 6.45. The van der Waals surface area contributed by atoms with E-state index >= 15 is 0 Å². The van der Waals surface area contributed by atoms with Crippen molar-refractivity contribution < 1.29 is 22.7 Å². The lowest BCUT2D eigenvalue weighted by molar-refractivity contribution is -0.137. The summed E-state index contributed by atoms with van der Waals surface area (Å²) in [5.41, 5.74) is 0.951. The molecule has 1 aliphatic rings. The van der Waals surface area contributed by atoms with Gasteiger partial charge in [-0.15, -0.1) is 0 Å². The van der Waals surface area contributed by atoms with Crippen molar-refractivity contribution in [2.24, 2.45) is 0 Å². The highest BCUT2D eigenvalue weighted by Gasteiger charge is 2.30. The fraction of sp³-hybridized carbons (Fsp3) is 0.321. The number of piperidine rings is 1. The number of nitrogens with zero attached hydrogens (tertiary/aromatic N) is 1. The molecule has 0 aromatic heterocycles. The van der Waals surface area contributed by atoms with Gasteiger partial charge in [0.2, 0.25) is 0 Å². The van der Waals surface area contributed by atoms with E-state index in [9.17, 15) is 18.0 Å². The molecule has 0 bridgehead atoms. The van der Waals surface area contributed by atoms with Crippen LogP contribution in [0.3, 0.4) is 0 Å². The second-order valence-electron chi connectivity index (χ2n) is 9.05. The number of benzene rings is 3. The van der Waals surface area contributed by atoms with Gasteiger partial charge >= 0.3 is 12.2 Å².